The lowest BCUT2D eigenvalue weighted by Gasteiger charge is -2.07. The van der Waals surface area contributed by atoms with E-state index in [9.17, 15) is 9.59 Å². The van der Waals surface area contributed by atoms with Crippen molar-refractivity contribution in [2.24, 2.45) is 0 Å². The normalized spacial score (nSPS) is 10.5. The Balaban J connectivity index is 1.79. The van der Waals surface area contributed by atoms with Crippen LogP contribution in [0.1, 0.15) is 23.7 Å². The maximum Gasteiger partial charge on any atom is 0.349 e. The number of hydrogen-bond donors (Lipinski definition) is 1. The number of carbonyl (C=O) groups is 1. The molecule has 5 nitrogen and oxygen atoms in total. The summed E-state index contributed by atoms with van der Waals surface area (Å²) in [5.41, 5.74) is 0.349. The fraction of sp³-hybridized carbons (Fsp3) is 0.158. The fourth-order valence-corrected chi connectivity index (χ4v) is 2.27. The van der Waals surface area contributed by atoms with Crippen LogP contribution in [0.3, 0.4) is 0 Å². The number of amides is 1. The molecule has 0 radical (unpaired) electrons. The first kappa shape index (κ1) is 15.8. The standard InChI is InChI=1S/C19H17NO4/c1-2-11-23-15-9-7-14(8-10-15)20-18(21)16-12-13-5-3-4-6-17(13)24-19(16)22/h3-10,12H,2,11H2,1H3,(H,20,21). The van der Waals surface area contributed by atoms with Gasteiger partial charge < -0.3 is 14.5 Å². The predicted octanol–water partition coefficient (Wildman–Crippen LogP) is 3.83. The lowest BCUT2D eigenvalue weighted by atomic mass is 10.1. The maximum absolute atomic E-state index is 12.3. The number of rotatable bonds is 5. The Labute approximate surface area is 138 Å². The summed E-state index contributed by atoms with van der Waals surface area (Å²) in [6.45, 7) is 2.67. The van der Waals surface area contributed by atoms with Gasteiger partial charge in [0.2, 0.25) is 0 Å². The van der Waals surface area contributed by atoms with Crippen molar-refractivity contribution in [3.8, 4) is 5.75 Å². The van der Waals surface area contributed by atoms with Crippen LogP contribution in [0.4, 0.5) is 5.69 Å². The Hall–Kier alpha value is -3.08. The summed E-state index contributed by atoms with van der Waals surface area (Å²) in [5, 5.41) is 3.39. The van der Waals surface area contributed by atoms with Crippen molar-refractivity contribution in [3.05, 3.63) is 70.6 Å². The summed E-state index contributed by atoms with van der Waals surface area (Å²) in [7, 11) is 0. The minimum absolute atomic E-state index is 0.0278. The lowest BCUT2D eigenvalue weighted by molar-refractivity contribution is 0.102. The third-order valence-electron chi connectivity index (χ3n) is 3.47. The predicted molar refractivity (Wildman–Crippen MR) is 92.7 cm³/mol. The fourth-order valence-electron chi connectivity index (χ4n) is 2.27. The van der Waals surface area contributed by atoms with E-state index in [1.54, 1.807) is 42.5 Å². The molecule has 0 spiro atoms. The second kappa shape index (κ2) is 7.00. The van der Waals surface area contributed by atoms with E-state index in [2.05, 4.69) is 5.32 Å². The zero-order valence-corrected chi connectivity index (χ0v) is 13.2. The topological polar surface area (TPSA) is 68.5 Å². The van der Waals surface area contributed by atoms with Gasteiger partial charge in [-0.3, -0.25) is 4.79 Å². The van der Waals surface area contributed by atoms with Crippen LogP contribution in [0.2, 0.25) is 0 Å². The second-order valence-electron chi connectivity index (χ2n) is 5.31. The highest BCUT2D eigenvalue weighted by molar-refractivity contribution is 6.05. The number of para-hydroxylation sites is 1. The van der Waals surface area contributed by atoms with Crippen molar-refractivity contribution in [1.82, 2.24) is 0 Å². The van der Waals surface area contributed by atoms with Gasteiger partial charge in [0, 0.05) is 11.1 Å². The molecule has 0 atom stereocenters. The number of ether oxygens (including phenoxy) is 1. The highest BCUT2D eigenvalue weighted by Crippen LogP contribution is 2.17. The number of benzene rings is 2. The quantitative estimate of drug-likeness (QED) is 0.724. The Morgan fingerprint density at radius 3 is 2.62 bits per heavy atom. The average molecular weight is 323 g/mol. The van der Waals surface area contributed by atoms with E-state index in [1.807, 2.05) is 13.0 Å². The number of carbonyl (C=O) groups excluding carboxylic acids is 1. The van der Waals surface area contributed by atoms with Crippen molar-refractivity contribution in [1.29, 1.82) is 0 Å². The first-order chi connectivity index (χ1) is 11.7. The molecule has 0 saturated carbocycles. The van der Waals surface area contributed by atoms with Crippen LogP contribution in [0.5, 0.6) is 5.75 Å². The molecule has 0 aliphatic carbocycles. The SMILES string of the molecule is CCCOc1ccc(NC(=O)c2cc3ccccc3oc2=O)cc1. The highest BCUT2D eigenvalue weighted by atomic mass is 16.5. The molecule has 5 heteroatoms. The molecule has 0 aliphatic heterocycles. The van der Waals surface area contributed by atoms with Gasteiger partial charge in [0.15, 0.2) is 0 Å². The third kappa shape index (κ3) is 3.46. The second-order valence-corrected chi connectivity index (χ2v) is 5.31. The first-order valence-electron chi connectivity index (χ1n) is 7.74. The molecule has 0 saturated heterocycles. The van der Waals surface area contributed by atoms with Crippen LogP contribution >= 0.6 is 0 Å². The molecule has 2 aromatic carbocycles. The Bertz CT molecular complexity index is 913. The van der Waals surface area contributed by atoms with Gasteiger partial charge in [-0.15, -0.1) is 0 Å². The molecule has 3 rings (SSSR count). The van der Waals surface area contributed by atoms with Crippen LogP contribution in [0, 0.1) is 0 Å². The third-order valence-corrected chi connectivity index (χ3v) is 3.47. The summed E-state index contributed by atoms with van der Waals surface area (Å²) in [6.07, 6.45) is 0.927. The molecular weight excluding hydrogens is 306 g/mol. The Kier molecular flexibility index (Phi) is 4.61. The average Bonchev–Trinajstić information content (AvgIpc) is 2.60. The minimum atomic E-state index is -0.658. The zero-order chi connectivity index (χ0) is 16.9. The zero-order valence-electron chi connectivity index (χ0n) is 13.2. The van der Waals surface area contributed by atoms with Crippen LogP contribution in [0.15, 0.2) is 63.8 Å². The molecule has 0 bridgehead atoms. The van der Waals surface area contributed by atoms with Gasteiger partial charge in [-0.25, -0.2) is 4.79 Å². The molecule has 0 unspecified atom stereocenters. The van der Waals surface area contributed by atoms with Gasteiger partial charge in [-0.2, -0.15) is 0 Å². The van der Waals surface area contributed by atoms with Gasteiger partial charge in [0.25, 0.3) is 5.91 Å². The largest absolute Gasteiger partial charge is 0.494 e. The van der Waals surface area contributed by atoms with Crippen molar-refractivity contribution in [2.45, 2.75) is 13.3 Å². The molecule has 1 N–H and O–H groups in total. The summed E-state index contributed by atoms with van der Waals surface area (Å²) in [4.78, 5) is 24.3. The van der Waals surface area contributed by atoms with Crippen molar-refractivity contribution in [3.63, 3.8) is 0 Å². The molecule has 3 aromatic rings. The molecule has 1 heterocycles. The van der Waals surface area contributed by atoms with Crippen LogP contribution < -0.4 is 15.7 Å². The number of hydrogen-bond acceptors (Lipinski definition) is 4. The summed E-state index contributed by atoms with van der Waals surface area (Å²) in [5.74, 6) is 0.233. The van der Waals surface area contributed by atoms with E-state index in [4.69, 9.17) is 9.15 Å². The molecule has 122 valence electrons. The number of anilines is 1. The highest BCUT2D eigenvalue weighted by Gasteiger charge is 2.13. The molecular formula is C19H17NO4. The summed E-state index contributed by atoms with van der Waals surface area (Å²) >= 11 is 0. The smallest absolute Gasteiger partial charge is 0.349 e. The van der Waals surface area contributed by atoms with E-state index in [0.717, 1.165) is 12.2 Å². The van der Waals surface area contributed by atoms with Crippen LogP contribution in [0.25, 0.3) is 11.0 Å². The van der Waals surface area contributed by atoms with E-state index < -0.39 is 11.5 Å². The van der Waals surface area contributed by atoms with Crippen molar-refractivity contribution < 1.29 is 13.9 Å². The van der Waals surface area contributed by atoms with E-state index in [-0.39, 0.29) is 5.56 Å². The molecule has 1 aromatic heterocycles. The summed E-state index contributed by atoms with van der Waals surface area (Å²) in [6, 6.07) is 15.6. The Morgan fingerprint density at radius 2 is 1.88 bits per heavy atom. The molecule has 0 fully saturated rings. The van der Waals surface area contributed by atoms with Gasteiger partial charge in [0.1, 0.15) is 16.9 Å². The monoisotopic (exact) mass is 323 g/mol. The van der Waals surface area contributed by atoms with Crippen molar-refractivity contribution in [2.75, 3.05) is 11.9 Å². The van der Waals surface area contributed by atoms with Gasteiger partial charge in [0.05, 0.1) is 6.61 Å². The van der Waals surface area contributed by atoms with Crippen LogP contribution in [-0.2, 0) is 0 Å². The lowest BCUT2D eigenvalue weighted by Crippen LogP contribution is -2.20. The van der Waals surface area contributed by atoms with E-state index in [0.29, 0.717) is 23.3 Å². The maximum atomic E-state index is 12.3. The first-order valence-corrected chi connectivity index (χ1v) is 7.74. The van der Waals surface area contributed by atoms with Gasteiger partial charge >= 0.3 is 5.63 Å². The molecule has 1 amide bonds. The number of nitrogens with one attached hydrogen (secondary N) is 1. The van der Waals surface area contributed by atoms with Crippen molar-refractivity contribution >= 4 is 22.6 Å². The van der Waals surface area contributed by atoms with Gasteiger partial charge in [-0.1, -0.05) is 25.1 Å². The Morgan fingerprint density at radius 1 is 1.12 bits per heavy atom. The summed E-state index contributed by atoms with van der Waals surface area (Å²) < 4.78 is 10.7. The van der Waals surface area contributed by atoms with Gasteiger partial charge in [-0.05, 0) is 42.8 Å². The van der Waals surface area contributed by atoms with E-state index in [1.165, 1.54) is 6.07 Å². The molecule has 0 aliphatic rings. The minimum Gasteiger partial charge on any atom is -0.494 e. The van der Waals surface area contributed by atoms with E-state index >= 15 is 0 Å². The molecule has 24 heavy (non-hydrogen) atoms. The number of fused-ring (bicyclic) bond motifs is 1. The van der Waals surface area contributed by atoms with Crippen LogP contribution in [-0.4, -0.2) is 12.5 Å².